The Balaban J connectivity index is 0.00000507. The highest BCUT2D eigenvalue weighted by atomic mass is 35.5. The standard InChI is InChI=1S/C28H44ClN5O3.ClH/c1-18-15-32(26(37)24(31-19(2)35)13-27(3,4)5)11-12-34(18)25(36)22-17-33(28(6,7)8)16-21(22)23-10-9-20(29)14-30-23;/h9-10,14,18,21-22,24H,11-13,15-17H2,1-8H3,(H,31,35);1H/t18-,21?,22?,24-;/m0./s1. The Bertz CT molecular complexity index is 990. The number of hydrogen-bond acceptors (Lipinski definition) is 5. The number of nitrogens with one attached hydrogen (secondary N) is 1. The van der Waals surface area contributed by atoms with Gasteiger partial charge in [-0.15, -0.1) is 12.4 Å². The van der Waals surface area contributed by atoms with E-state index in [9.17, 15) is 14.4 Å². The number of pyridine rings is 1. The van der Waals surface area contributed by atoms with Gasteiger partial charge < -0.3 is 15.1 Å². The molecule has 0 aliphatic carbocycles. The van der Waals surface area contributed by atoms with E-state index >= 15 is 0 Å². The third-order valence-electron chi connectivity index (χ3n) is 7.43. The van der Waals surface area contributed by atoms with E-state index in [-0.39, 0.29) is 59.0 Å². The second-order valence-corrected chi connectivity index (χ2v) is 13.3. The van der Waals surface area contributed by atoms with Crippen molar-refractivity contribution in [2.24, 2.45) is 11.3 Å². The Morgan fingerprint density at radius 3 is 2.24 bits per heavy atom. The molecule has 0 aromatic carbocycles. The Morgan fingerprint density at radius 2 is 1.74 bits per heavy atom. The molecule has 2 saturated heterocycles. The van der Waals surface area contributed by atoms with Crippen LogP contribution < -0.4 is 5.32 Å². The molecule has 1 aromatic heterocycles. The van der Waals surface area contributed by atoms with Gasteiger partial charge in [0.1, 0.15) is 6.04 Å². The summed E-state index contributed by atoms with van der Waals surface area (Å²) in [7, 11) is 0. The van der Waals surface area contributed by atoms with E-state index in [0.717, 1.165) is 12.2 Å². The van der Waals surface area contributed by atoms with E-state index in [1.807, 2.05) is 24.0 Å². The lowest BCUT2D eigenvalue weighted by molar-refractivity contribution is -0.147. The summed E-state index contributed by atoms with van der Waals surface area (Å²) in [4.78, 5) is 49.8. The van der Waals surface area contributed by atoms with Crippen molar-refractivity contribution < 1.29 is 14.4 Å². The van der Waals surface area contributed by atoms with Gasteiger partial charge in [-0.2, -0.15) is 0 Å². The smallest absolute Gasteiger partial charge is 0.245 e. The largest absolute Gasteiger partial charge is 0.345 e. The van der Waals surface area contributed by atoms with Gasteiger partial charge in [-0.3, -0.25) is 24.3 Å². The molecule has 2 unspecified atom stereocenters. The first-order valence-corrected chi connectivity index (χ1v) is 13.7. The van der Waals surface area contributed by atoms with Crippen LogP contribution in [0.5, 0.6) is 0 Å². The highest BCUT2D eigenvalue weighted by Crippen LogP contribution is 2.37. The molecule has 214 valence electrons. The van der Waals surface area contributed by atoms with Crippen LogP contribution in [0.2, 0.25) is 5.02 Å². The van der Waals surface area contributed by atoms with Crippen LogP contribution in [0.4, 0.5) is 0 Å². The number of halogens is 2. The third kappa shape index (κ3) is 8.06. The van der Waals surface area contributed by atoms with E-state index in [1.54, 1.807) is 11.1 Å². The predicted molar refractivity (Wildman–Crippen MR) is 153 cm³/mol. The zero-order chi connectivity index (χ0) is 27.7. The van der Waals surface area contributed by atoms with Gasteiger partial charge in [0.25, 0.3) is 0 Å². The Hall–Kier alpha value is -1.90. The van der Waals surface area contributed by atoms with Crippen LogP contribution in [0.25, 0.3) is 0 Å². The summed E-state index contributed by atoms with van der Waals surface area (Å²) in [5, 5.41) is 3.42. The fourth-order valence-corrected chi connectivity index (χ4v) is 5.60. The van der Waals surface area contributed by atoms with Gasteiger partial charge >= 0.3 is 0 Å². The first kappa shape index (κ1) is 32.3. The fraction of sp³-hybridized carbons (Fsp3) is 0.714. The minimum atomic E-state index is -0.567. The quantitative estimate of drug-likeness (QED) is 0.579. The Labute approximate surface area is 239 Å². The van der Waals surface area contributed by atoms with Crippen LogP contribution in [-0.4, -0.2) is 87.8 Å². The highest BCUT2D eigenvalue weighted by molar-refractivity contribution is 6.30. The van der Waals surface area contributed by atoms with Crippen molar-refractivity contribution in [1.82, 2.24) is 25.0 Å². The average Bonchev–Trinajstić information content (AvgIpc) is 3.23. The first-order valence-electron chi connectivity index (χ1n) is 13.3. The van der Waals surface area contributed by atoms with Gasteiger partial charge in [0.2, 0.25) is 17.7 Å². The number of rotatable bonds is 5. The van der Waals surface area contributed by atoms with Crippen molar-refractivity contribution in [3.05, 3.63) is 29.0 Å². The second-order valence-electron chi connectivity index (χ2n) is 12.9. The summed E-state index contributed by atoms with van der Waals surface area (Å²) in [6.07, 6.45) is 2.20. The monoisotopic (exact) mass is 569 g/mol. The zero-order valence-corrected chi connectivity index (χ0v) is 25.7. The number of amides is 3. The number of nitrogens with zero attached hydrogens (tertiary/aromatic N) is 4. The zero-order valence-electron chi connectivity index (χ0n) is 24.1. The number of piperazine rings is 1. The molecule has 3 amide bonds. The molecule has 0 radical (unpaired) electrons. The second kappa shape index (κ2) is 12.5. The van der Waals surface area contributed by atoms with E-state index in [4.69, 9.17) is 11.6 Å². The summed E-state index contributed by atoms with van der Waals surface area (Å²) < 4.78 is 0. The molecule has 38 heavy (non-hydrogen) atoms. The lowest BCUT2D eigenvalue weighted by Crippen LogP contribution is -2.60. The fourth-order valence-electron chi connectivity index (χ4n) is 5.48. The lowest BCUT2D eigenvalue weighted by Gasteiger charge is -2.42. The first-order chi connectivity index (χ1) is 17.1. The number of carbonyl (C=O) groups is 3. The Kier molecular flexibility index (Phi) is 10.6. The van der Waals surface area contributed by atoms with Crippen molar-refractivity contribution >= 4 is 41.7 Å². The summed E-state index contributed by atoms with van der Waals surface area (Å²) >= 11 is 6.08. The number of carbonyl (C=O) groups excluding carboxylic acids is 3. The molecule has 1 N–H and O–H groups in total. The van der Waals surface area contributed by atoms with Crippen molar-refractivity contribution in [3.8, 4) is 0 Å². The van der Waals surface area contributed by atoms with E-state index in [0.29, 0.717) is 37.6 Å². The minimum Gasteiger partial charge on any atom is -0.345 e. The average molecular weight is 571 g/mol. The number of aromatic nitrogens is 1. The maximum Gasteiger partial charge on any atom is 0.245 e. The van der Waals surface area contributed by atoms with Crippen LogP contribution >= 0.6 is 24.0 Å². The molecule has 2 aliphatic rings. The third-order valence-corrected chi connectivity index (χ3v) is 7.65. The van der Waals surface area contributed by atoms with Crippen LogP contribution in [0.3, 0.4) is 0 Å². The molecular weight excluding hydrogens is 525 g/mol. The molecule has 2 fully saturated rings. The lowest BCUT2D eigenvalue weighted by atomic mass is 9.87. The van der Waals surface area contributed by atoms with E-state index < -0.39 is 6.04 Å². The predicted octanol–water partition coefficient (Wildman–Crippen LogP) is 3.97. The summed E-state index contributed by atoms with van der Waals surface area (Å²) in [6.45, 7) is 18.9. The van der Waals surface area contributed by atoms with Crippen LogP contribution in [0, 0.1) is 11.3 Å². The van der Waals surface area contributed by atoms with Gasteiger partial charge in [0, 0.05) is 69.0 Å². The maximum absolute atomic E-state index is 14.0. The summed E-state index contributed by atoms with van der Waals surface area (Å²) in [5.74, 6) is -0.415. The van der Waals surface area contributed by atoms with Crippen molar-refractivity contribution in [3.63, 3.8) is 0 Å². The van der Waals surface area contributed by atoms with E-state index in [1.165, 1.54) is 6.92 Å². The summed E-state index contributed by atoms with van der Waals surface area (Å²) in [5.41, 5.74) is 0.705. The molecule has 4 atom stereocenters. The normalized spacial score (nSPS) is 23.6. The molecular formula is C28H45Cl2N5O3. The molecule has 0 saturated carbocycles. The van der Waals surface area contributed by atoms with Crippen molar-refractivity contribution in [2.75, 3.05) is 32.7 Å². The molecule has 0 bridgehead atoms. The van der Waals surface area contributed by atoms with Gasteiger partial charge in [0.05, 0.1) is 10.9 Å². The minimum absolute atomic E-state index is 0. The molecule has 1 aromatic rings. The van der Waals surface area contributed by atoms with Gasteiger partial charge in [-0.1, -0.05) is 32.4 Å². The van der Waals surface area contributed by atoms with Crippen LogP contribution in [0.15, 0.2) is 18.3 Å². The van der Waals surface area contributed by atoms with Gasteiger partial charge in [-0.25, -0.2) is 0 Å². The van der Waals surface area contributed by atoms with E-state index in [2.05, 4.69) is 56.7 Å². The molecule has 3 heterocycles. The Morgan fingerprint density at radius 1 is 1.08 bits per heavy atom. The van der Waals surface area contributed by atoms with Crippen LogP contribution in [-0.2, 0) is 14.4 Å². The SMILES string of the molecule is CC(=O)N[C@@H](CC(C)(C)C)C(=O)N1CCN(C(=O)C2CN(C(C)(C)C)CC2c2ccc(Cl)cn2)[C@@H](C)C1.Cl. The number of hydrogen-bond donors (Lipinski definition) is 1. The number of likely N-dealkylation sites (tertiary alicyclic amines) is 1. The molecule has 0 spiro atoms. The van der Waals surface area contributed by atoms with Crippen molar-refractivity contribution in [2.45, 2.75) is 85.4 Å². The molecule has 10 heteroatoms. The highest BCUT2D eigenvalue weighted by Gasteiger charge is 2.45. The topological polar surface area (TPSA) is 85.8 Å². The molecule has 3 rings (SSSR count). The molecule has 8 nitrogen and oxygen atoms in total. The maximum atomic E-state index is 14.0. The van der Waals surface area contributed by atoms with Gasteiger partial charge in [0.15, 0.2) is 0 Å². The molecule has 2 aliphatic heterocycles. The van der Waals surface area contributed by atoms with Crippen LogP contribution in [0.1, 0.15) is 73.4 Å². The van der Waals surface area contributed by atoms with Gasteiger partial charge in [-0.05, 0) is 51.7 Å². The summed E-state index contributed by atoms with van der Waals surface area (Å²) in [6, 6.07) is 3.07. The van der Waals surface area contributed by atoms with Crippen molar-refractivity contribution in [1.29, 1.82) is 0 Å².